The molecule has 1 aromatic heterocycles. The van der Waals surface area contributed by atoms with E-state index in [1.165, 1.54) is 12.1 Å². The van der Waals surface area contributed by atoms with Crippen LogP contribution in [-0.4, -0.2) is 4.98 Å². The van der Waals surface area contributed by atoms with Crippen molar-refractivity contribution < 1.29 is 4.39 Å². The first-order valence-electron chi connectivity index (χ1n) is 6.00. The zero-order valence-electron chi connectivity index (χ0n) is 11.1. The van der Waals surface area contributed by atoms with Crippen LogP contribution in [0.5, 0.6) is 0 Å². The summed E-state index contributed by atoms with van der Waals surface area (Å²) >= 11 is 3.78. The molecule has 0 radical (unpaired) electrons. The van der Waals surface area contributed by atoms with Crippen LogP contribution >= 0.6 is 33.9 Å². The highest BCUT2D eigenvalue weighted by Gasteiger charge is 2.17. The molecule has 0 atom stereocenters. The van der Waals surface area contributed by atoms with Gasteiger partial charge >= 0.3 is 0 Å². The molecule has 0 bridgehead atoms. The van der Waals surface area contributed by atoms with Crippen molar-refractivity contribution in [3.8, 4) is 0 Å². The summed E-state index contributed by atoms with van der Waals surface area (Å²) in [5.41, 5.74) is 2.14. The second kappa shape index (κ2) is 5.75. The number of rotatable bonds is 3. The lowest BCUT2D eigenvalue weighted by molar-refractivity contribution is 0.571. The van der Waals surface area contributed by atoms with Crippen molar-refractivity contribution in [1.29, 1.82) is 0 Å². The summed E-state index contributed by atoms with van der Waals surface area (Å²) in [5.74, 6) is -0.209. The zero-order chi connectivity index (χ0) is 14.0. The second-order valence-electron chi connectivity index (χ2n) is 5.35. The van der Waals surface area contributed by atoms with E-state index in [0.29, 0.717) is 6.54 Å². The topological polar surface area (TPSA) is 24.9 Å². The zero-order valence-corrected chi connectivity index (χ0v) is 14.1. The fraction of sp³-hybridized carbons (Fsp3) is 0.357. The summed E-state index contributed by atoms with van der Waals surface area (Å²) in [4.78, 5) is 4.62. The van der Waals surface area contributed by atoms with Gasteiger partial charge in [-0.3, -0.25) is 0 Å². The van der Waals surface area contributed by atoms with Crippen molar-refractivity contribution in [2.75, 3.05) is 5.32 Å². The first-order valence-corrected chi connectivity index (χ1v) is 7.96. The van der Waals surface area contributed by atoms with E-state index in [-0.39, 0.29) is 11.2 Å². The molecule has 0 saturated heterocycles. The fourth-order valence-electron chi connectivity index (χ4n) is 1.54. The number of nitrogens with zero attached hydrogens (tertiary/aromatic N) is 1. The van der Waals surface area contributed by atoms with Crippen molar-refractivity contribution in [2.45, 2.75) is 32.7 Å². The maximum atomic E-state index is 13.0. The molecular formula is C14H16FIN2S. The van der Waals surface area contributed by atoms with Crippen LogP contribution in [0.2, 0.25) is 0 Å². The number of hydrogen-bond acceptors (Lipinski definition) is 3. The Balaban J connectivity index is 2.04. The molecule has 0 aliphatic rings. The van der Waals surface area contributed by atoms with E-state index in [4.69, 9.17) is 0 Å². The van der Waals surface area contributed by atoms with Crippen LogP contribution in [0.3, 0.4) is 0 Å². The third-order valence-electron chi connectivity index (χ3n) is 2.68. The molecule has 0 saturated carbocycles. The summed E-state index contributed by atoms with van der Waals surface area (Å²) in [7, 11) is 0. The van der Waals surface area contributed by atoms with Gasteiger partial charge in [0.05, 0.1) is 12.2 Å². The molecule has 0 unspecified atom stereocenters. The SMILES string of the molecule is CC(C)(C)c1csc(CNc2ccc(F)cc2I)n1. The highest BCUT2D eigenvalue weighted by molar-refractivity contribution is 14.1. The minimum absolute atomic E-state index is 0.0824. The monoisotopic (exact) mass is 390 g/mol. The summed E-state index contributed by atoms with van der Waals surface area (Å²) < 4.78 is 13.9. The predicted molar refractivity (Wildman–Crippen MR) is 87.3 cm³/mol. The molecule has 19 heavy (non-hydrogen) atoms. The van der Waals surface area contributed by atoms with Gasteiger partial charge < -0.3 is 5.32 Å². The fourth-order valence-corrected chi connectivity index (χ4v) is 3.17. The Kier molecular flexibility index (Phi) is 4.45. The first-order chi connectivity index (χ1) is 8.86. The standard InChI is InChI=1S/C14H16FIN2S/c1-14(2,3)12-8-19-13(18-12)7-17-11-5-4-9(15)6-10(11)16/h4-6,8,17H,7H2,1-3H3. The third kappa shape index (κ3) is 3.89. The van der Waals surface area contributed by atoms with E-state index < -0.39 is 0 Å². The highest BCUT2D eigenvalue weighted by Crippen LogP contribution is 2.25. The molecule has 0 amide bonds. The van der Waals surface area contributed by atoms with Crippen LogP contribution in [-0.2, 0) is 12.0 Å². The van der Waals surface area contributed by atoms with Crippen molar-refractivity contribution in [2.24, 2.45) is 0 Å². The molecule has 1 N–H and O–H groups in total. The molecule has 0 fully saturated rings. The minimum atomic E-state index is -0.209. The molecular weight excluding hydrogens is 374 g/mol. The smallest absolute Gasteiger partial charge is 0.124 e. The maximum Gasteiger partial charge on any atom is 0.124 e. The first kappa shape index (κ1) is 14.7. The van der Waals surface area contributed by atoms with E-state index in [9.17, 15) is 4.39 Å². The molecule has 1 aromatic carbocycles. The largest absolute Gasteiger partial charge is 0.378 e. The van der Waals surface area contributed by atoms with E-state index in [1.807, 2.05) is 0 Å². The summed E-state index contributed by atoms with van der Waals surface area (Å²) in [5, 5.41) is 6.45. The Labute approximate surface area is 130 Å². The van der Waals surface area contributed by atoms with E-state index in [0.717, 1.165) is 20.0 Å². The van der Waals surface area contributed by atoms with Crippen LogP contribution in [0.25, 0.3) is 0 Å². The molecule has 2 rings (SSSR count). The van der Waals surface area contributed by atoms with Crippen molar-refractivity contribution >= 4 is 39.6 Å². The summed E-state index contributed by atoms with van der Waals surface area (Å²) in [6, 6.07) is 4.74. The molecule has 0 aliphatic carbocycles. The summed E-state index contributed by atoms with van der Waals surface area (Å²) in [6.07, 6.45) is 0. The number of nitrogens with one attached hydrogen (secondary N) is 1. The predicted octanol–water partition coefficient (Wildman–Crippen LogP) is 4.80. The maximum absolute atomic E-state index is 13.0. The van der Waals surface area contributed by atoms with Crippen LogP contribution in [0.4, 0.5) is 10.1 Å². The van der Waals surface area contributed by atoms with Crippen molar-refractivity contribution in [3.05, 3.63) is 43.7 Å². The molecule has 5 heteroatoms. The van der Waals surface area contributed by atoms with Gasteiger partial charge in [-0.25, -0.2) is 9.37 Å². The van der Waals surface area contributed by atoms with Gasteiger partial charge in [-0.1, -0.05) is 20.8 Å². The quantitative estimate of drug-likeness (QED) is 0.762. The number of aromatic nitrogens is 1. The van der Waals surface area contributed by atoms with E-state index >= 15 is 0 Å². The molecule has 1 heterocycles. The Bertz CT molecular complexity index is 575. The van der Waals surface area contributed by atoms with Gasteiger partial charge in [0.15, 0.2) is 0 Å². The van der Waals surface area contributed by atoms with Gasteiger partial charge in [-0.2, -0.15) is 0 Å². The Morgan fingerprint density at radius 2 is 2.11 bits per heavy atom. The van der Waals surface area contributed by atoms with Gasteiger partial charge in [0.2, 0.25) is 0 Å². The van der Waals surface area contributed by atoms with Gasteiger partial charge in [-0.15, -0.1) is 11.3 Å². The van der Waals surface area contributed by atoms with E-state index in [2.05, 4.69) is 59.0 Å². The van der Waals surface area contributed by atoms with Gasteiger partial charge in [-0.05, 0) is 40.8 Å². The minimum Gasteiger partial charge on any atom is -0.378 e. The van der Waals surface area contributed by atoms with Crippen LogP contribution < -0.4 is 5.32 Å². The average molecular weight is 390 g/mol. The van der Waals surface area contributed by atoms with Gasteiger partial charge in [0.1, 0.15) is 10.8 Å². The lowest BCUT2D eigenvalue weighted by Crippen LogP contribution is -2.12. The van der Waals surface area contributed by atoms with Crippen LogP contribution in [0, 0.1) is 9.39 Å². The summed E-state index contributed by atoms with van der Waals surface area (Å²) in [6.45, 7) is 7.13. The average Bonchev–Trinajstić information content (AvgIpc) is 2.76. The number of thiazole rings is 1. The lowest BCUT2D eigenvalue weighted by atomic mass is 9.93. The molecule has 2 nitrogen and oxygen atoms in total. The molecule has 0 aliphatic heterocycles. The molecule has 2 aromatic rings. The lowest BCUT2D eigenvalue weighted by Gasteiger charge is -2.14. The number of hydrogen-bond donors (Lipinski definition) is 1. The molecule has 102 valence electrons. The van der Waals surface area contributed by atoms with Crippen molar-refractivity contribution in [3.63, 3.8) is 0 Å². The van der Waals surface area contributed by atoms with Crippen molar-refractivity contribution in [1.82, 2.24) is 4.98 Å². The van der Waals surface area contributed by atoms with Crippen LogP contribution in [0.15, 0.2) is 23.6 Å². The normalized spacial score (nSPS) is 11.6. The number of halogens is 2. The Morgan fingerprint density at radius 3 is 2.68 bits per heavy atom. The van der Waals surface area contributed by atoms with Gasteiger partial charge in [0, 0.05) is 20.1 Å². The second-order valence-corrected chi connectivity index (χ2v) is 7.46. The van der Waals surface area contributed by atoms with E-state index in [1.54, 1.807) is 17.4 Å². The third-order valence-corrected chi connectivity index (χ3v) is 4.42. The Morgan fingerprint density at radius 1 is 1.37 bits per heavy atom. The Hall–Kier alpha value is -0.690. The number of benzene rings is 1. The number of anilines is 1. The van der Waals surface area contributed by atoms with Crippen LogP contribution in [0.1, 0.15) is 31.5 Å². The van der Waals surface area contributed by atoms with Gasteiger partial charge in [0.25, 0.3) is 0 Å². The highest BCUT2D eigenvalue weighted by atomic mass is 127. The molecule has 0 spiro atoms.